The van der Waals surface area contributed by atoms with Gasteiger partial charge < -0.3 is 16.2 Å². The topological polar surface area (TPSA) is 123 Å². The summed E-state index contributed by atoms with van der Waals surface area (Å²) in [5.74, 6) is 0.413. The van der Waals surface area contributed by atoms with E-state index in [1.165, 1.54) is 29.0 Å². The molecule has 0 spiro atoms. The number of hydrogen-bond acceptors (Lipinski definition) is 5. The number of hydrogen-bond donors (Lipinski definition) is 3. The first-order valence-electron chi connectivity index (χ1n) is 7.41. The SMILES string of the molecule is C[C@H](NC(=O)O)c1nc2c(Cl)ccc(Cl)c2c(=O)n1-c1ccc(N)nc1. The lowest BCUT2D eigenvalue weighted by atomic mass is 10.2. The molecule has 3 aromatic rings. The van der Waals surface area contributed by atoms with Crippen LogP contribution in [0.2, 0.25) is 10.0 Å². The van der Waals surface area contributed by atoms with Gasteiger partial charge >= 0.3 is 6.09 Å². The van der Waals surface area contributed by atoms with Crippen LogP contribution in [0.4, 0.5) is 10.6 Å². The molecule has 8 nitrogen and oxygen atoms in total. The number of carboxylic acid groups (broad SMARTS) is 1. The van der Waals surface area contributed by atoms with Gasteiger partial charge in [0.2, 0.25) is 0 Å². The monoisotopic (exact) mass is 393 g/mol. The number of halogens is 2. The first-order chi connectivity index (χ1) is 12.3. The molecule has 0 aliphatic heterocycles. The first kappa shape index (κ1) is 18.0. The van der Waals surface area contributed by atoms with E-state index in [0.717, 1.165) is 0 Å². The second kappa shape index (κ2) is 6.81. The van der Waals surface area contributed by atoms with Gasteiger partial charge in [0.15, 0.2) is 0 Å². The van der Waals surface area contributed by atoms with Gasteiger partial charge in [-0.05, 0) is 31.2 Å². The lowest BCUT2D eigenvalue weighted by Gasteiger charge is -2.19. The highest BCUT2D eigenvalue weighted by atomic mass is 35.5. The third-order valence-electron chi connectivity index (χ3n) is 3.71. The molecule has 0 radical (unpaired) electrons. The minimum absolute atomic E-state index is 0.127. The lowest BCUT2D eigenvalue weighted by Crippen LogP contribution is -2.32. The van der Waals surface area contributed by atoms with E-state index in [1.807, 2.05) is 0 Å². The molecule has 4 N–H and O–H groups in total. The van der Waals surface area contributed by atoms with Gasteiger partial charge in [-0.3, -0.25) is 9.36 Å². The van der Waals surface area contributed by atoms with Crippen LogP contribution < -0.4 is 16.6 Å². The number of nitrogen functional groups attached to an aromatic ring is 1. The maximum absolute atomic E-state index is 13.1. The molecule has 0 aliphatic carbocycles. The van der Waals surface area contributed by atoms with Crippen molar-refractivity contribution >= 4 is 46.0 Å². The van der Waals surface area contributed by atoms with Crippen molar-refractivity contribution in [1.29, 1.82) is 0 Å². The molecule has 0 fully saturated rings. The standard InChI is InChI=1S/C16H13Cl2N5O3/c1-7(21-16(25)26)14-22-13-10(18)4-3-9(17)12(13)15(24)23(14)8-2-5-11(19)20-6-8/h2-7,21H,1H3,(H2,19,20)(H,25,26)/t7-/m0/s1. The van der Waals surface area contributed by atoms with Gasteiger partial charge in [-0.2, -0.15) is 0 Å². The summed E-state index contributed by atoms with van der Waals surface area (Å²) in [5, 5.41) is 11.8. The highest BCUT2D eigenvalue weighted by Crippen LogP contribution is 2.28. The summed E-state index contributed by atoms with van der Waals surface area (Å²) in [5.41, 5.74) is 5.66. The summed E-state index contributed by atoms with van der Waals surface area (Å²) in [6.07, 6.45) is 0.130. The maximum atomic E-state index is 13.1. The second-order valence-electron chi connectivity index (χ2n) is 5.48. The van der Waals surface area contributed by atoms with Crippen molar-refractivity contribution in [2.24, 2.45) is 0 Å². The van der Waals surface area contributed by atoms with Crippen LogP contribution in [0.3, 0.4) is 0 Å². The smallest absolute Gasteiger partial charge is 0.405 e. The number of carbonyl (C=O) groups is 1. The predicted molar refractivity (Wildman–Crippen MR) is 99.1 cm³/mol. The van der Waals surface area contributed by atoms with E-state index in [1.54, 1.807) is 13.0 Å². The van der Waals surface area contributed by atoms with Gasteiger partial charge in [0.25, 0.3) is 5.56 Å². The van der Waals surface area contributed by atoms with Gasteiger partial charge in [-0.15, -0.1) is 0 Å². The molecule has 1 atom stereocenters. The minimum Gasteiger partial charge on any atom is -0.465 e. The van der Waals surface area contributed by atoms with Crippen LogP contribution >= 0.6 is 23.2 Å². The number of aromatic nitrogens is 3. The van der Waals surface area contributed by atoms with Crippen molar-refractivity contribution in [2.45, 2.75) is 13.0 Å². The fourth-order valence-electron chi connectivity index (χ4n) is 2.55. The van der Waals surface area contributed by atoms with Crippen LogP contribution in [-0.4, -0.2) is 25.7 Å². The number of nitrogens with zero attached hydrogens (tertiary/aromatic N) is 3. The zero-order valence-electron chi connectivity index (χ0n) is 13.4. The lowest BCUT2D eigenvalue weighted by molar-refractivity contribution is 0.190. The summed E-state index contributed by atoms with van der Waals surface area (Å²) in [4.78, 5) is 32.6. The van der Waals surface area contributed by atoms with Crippen molar-refractivity contribution in [3.05, 3.63) is 56.7 Å². The molecular weight excluding hydrogens is 381 g/mol. The van der Waals surface area contributed by atoms with Crippen molar-refractivity contribution in [1.82, 2.24) is 19.9 Å². The quantitative estimate of drug-likeness (QED) is 0.628. The van der Waals surface area contributed by atoms with Gasteiger partial charge in [0.1, 0.15) is 11.6 Å². The Morgan fingerprint density at radius 3 is 2.58 bits per heavy atom. The molecule has 26 heavy (non-hydrogen) atoms. The highest BCUT2D eigenvalue weighted by molar-refractivity contribution is 6.39. The largest absolute Gasteiger partial charge is 0.465 e. The number of anilines is 1. The Labute approximate surface area is 157 Å². The van der Waals surface area contributed by atoms with E-state index in [4.69, 9.17) is 34.0 Å². The molecule has 0 aliphatic rings. The van der Waals surface area contributed by atoms with Crippen molar-refractivity contribution < 1.29 is 9.90 Å². The number of nitrogens with one attached hydrogen (secondary N) is 1. The zero-order valence-corrected chi connectivity index (χ0v) is 14.9. The van der Waals surface area contributed by atoms with Crippen LogP contribution in [0.15, 0.2) is 35.3 Å². The predicted octanol–water partition coefficient (Wildman–Crippen LogP) is 3.00. The third-order valence-corrected chi connectivity index (χ3v) is 4.33. The summed E-state index contributed by atoms with van der Waals surface area (Å²) >= 11 is 12.3. The number of nitrogens with two attached hydrogens (primary N) is 1. The van der Waals surface area contributed by atoms with Gasteiger partial charge in [-0.1, -0.05) is 23.2 Å². The molecule has 1 amide bonds. The molecule has 2 heterocycles. The van der Waals surface area contributed by atoms with Crippen LogP contribution in [-0.2, 0) is 0 Å². The normalized spacial score (nSPS) is 12.1. The summed E-state index contributed by atoms with van der Waals surface area (Å²) in [6.45, 7) is 1.56. The first-order valence-corrected chi connectivity index (χ1v) is 8.17. The Morgan fingerprint density at radius 1 is 1.27 bits per heavy atom. The van der Waals surface area contributed by atoms with E-state index in [2.05, 4.69) is 15.3 Å². The average molecular weight is 394 g/mol. The zero-order chi connectivity index (χ0) is 19.0. The van der Waals surface area contributed by atoms with Gasteiger partial charge in [0.05, 0.1) is 38.9 Å². The van der Waals surface area contributed by atoms with Crippen LogP contribution in [0.1, 0.15) is 18.8 Å². The fourth-order valence-corrected chi connectivity index (χ4v) is 2.99. The molecule has 0 bridgehead atoms. The Hall–Kier alpha value is -2.84. The number of benzene rings is 1. The highest BCUT2D eigenvalue weighted by Gasteiger charge is 2.21. The maximum Gasteiger partial charge on any atom is 0.405 e. The van der Waals surface area contributed by atoms with E-state index >= 15 is 0 Å². The van der Waals surface area contributed by atoms with E-state index < -0.39 is 17.7 Å². The molecule has 0 saturated carbocycles. The summed E-state index contributed by atoms with van der Waals surface area (Å²) in [7, 11) is 0. The Bertz CT molecular complexity index is 1070. The third kappa shape index (κ3) is 3.16. The van der Waals surface area contributed by atoms with Crippen LogP contribution in [0, 0.1) is 0 Å². The van der Waals surface area contributed by atoms with E-state index in [9.17, 15) is 9.59 Å². The van der Waals surface area contributed by atoms with E-state index in [-0.39, 0.29) is 32.6 Å². The van der Waals surface area contributed by atoms with Crippen LogP contribution in [0.5, 0.6) is 0 Å². The molecular formula is C16H13Cl2N5O3. The summed E-state index contributed by atoms with van der Waals surface area (Å²) in [6, 6.07) is 5.31. The van der Waals surface area contributed by atoms with Crippen LogP contribution in [0.25, 0.3) is 16.6 Å². The van der Waals surface area contributed by atoms with E-state index in [0.29, 0.717) is 5.69 Å². The molecule has 0 unspecified atom stereocenters. The Balaban J connectivity index is 2.40. The average Bonchev–Trinajstić information content (AvgIpc) is 2.58. The number of fused-ring (bicyclic) bond motifs is 1. The number of pyridine rings is 1. The van der Waals surface area contributed by atoms with Crippen molar-refractivity contribution in [2.75, 3.05) is 5.73 Å². The van der Waals surface area contributed by atoms with Crippen molar-refractivity contribution in [3.63, 3.8) is 0 Å². The Kier molecular flexibility index (Phi) is 4.71. The Morgan fingerprint density at radius 2 is 1.96 bits per heavy atom. The summed E-state index contributed by atoms with van der Waals surface area (Å²) < 4.78 is 1.23. The number of rotatable bonds is 3. The molecule has 10 heteroatoms. The van der Waals surface area contributed by atoms with Gasteiger partial charge in [-0.25, -0.2) is 14.8 Å². The molecule has 3 rings (SSSR count). The molecule has 2 aromatic heterocycles. The number of amides is 1. The molecule has 134 valence electrons. The minimum atomic E-state index is -1.26. The fraction of sp³-hybridized carbons (Fsp3) is 0.125. The molecule has 0 saturated heterocycles. The van der Waals surface area contributed by atoms with Crippen molar-refractivity contribution in [3.8, 4) is 5.69 Å². The second-order valence-corrected chi connectivity index (χ2v) is 6.29. The van der Waals surface area contributed by atoms with Gasteiger partial charge in [0, 0.05) is 0 Å². The molecule has 1 aromatic carbocycles.